The average molecular weight is 341 g/mol. The minimum atomic E-state index is -0.0970. The van der Waals surface area contributed by atoms with Crippen molar-refractivity contribution in [2.45, 2.75) is 26.2 Å². The summed E-state index contributed by atoms with van der Waals surface area (Å²) in [4.78, 5) is 8.94. The van der Waals surface area contributed by atoms with Crippen molar-refractivity contribution in [3.63, 3.8) is 0 Å². The monoisotopic (exact) mass is 339 g/mol. The molecule has 0 saturated heterocycles. The summed E-state index contributed by atoms with van der Waals surface area (Å²) in [5, 5.41) is 3.96. The summed E-state index contributed by atoms with van der Waals surface area (Å²) < 4.78 is 0.767. The van der Waals surface area contributed by atoms with E-state index >= 15 is 0 Å². The Morgan fingerprint density at radius 1 is 1.11 bits per heavy atom. The molecule has 0 radical (unpaired) electrons. The first-order valence-corrected chi connectivity index (χ1v) is 7.09. The van der Waals surface area contributed by atoms with E-state index in [-0.39, 0.29) is 5.41 Å². The predicted octanol–water partition coefficient (Wildman–Crippen LogP) is 4.93. The number of halogens is 2. The van der Waals surface area contributed by atoms with Crippen LogP contribution in [-0.2, 0) is 5.41 Å². The number of aromatic nitrogens is 2. The lowest BCUT2D eigenvalue weighted by molar-refractivity contribution is 0.544. The zero-order chi connectivity index (χ0) is 14.0. The molecule has 0 fully saturated rings. The number of rotatable bonds is 2. The third-order valence-electron chi connectivity index (χ3n) is 2.48. The molecule has 0 amide bonds. The highest BCUT2D eigenvalue weighted by atomic mass is 79.9. The molecular weight excluding hydrogens is 326 g/mol. The van der Waals surface area contributed by atoms with Gasteiger partial charge in [-0.2, -0.15) is 0 Å². The summed E-state index contributed by atoms with van der Waals surface area (Å²) in [5.41, 5.74) is 0.843. The molecule has 0 spiro atoms. The van der Waals surface area contributed by atoms with Crippen molar-refractivity contribution in [3.05, 3.63) is 45.8 Å². The van der Waals surface area contributed by atoms with Gasteiger partial charge in [0.15, 0.2) is 0 Å². The van der Waals surface area contributed by atoms with Gasteiger partial charge in [-0.1, -0.05) is 32.4 Å². The van der Waals surface area contributed by atoms with Crippen molar-refractivity contribution < 1.29 is 0 Å². The molecular formula is C14H15BrClN3. The molecule has 0 atom stereocenters. The summed E-state index contributed by atoms with van der Waals surface area (Å²) in [6.45, 7) is 6.25. The van der Waals surface area contributed by atoms with Gasteiger partial charge in [-0.3, -0.25) is 0 Å². The fourth-order valence-electron chi connectivity index (χ4n) is 1.50. The van der Waals surface area contributed by atoms with Gasteiger partial charge in [0, 0.05) is 22.2 Å². The third kappa shape index (κ3) is 3.91. The molecule has 0 aliphatic rings. The normalized spacial score (nSPS) is 11.4. The Balaban J connectivity index is 2.30. The zero-order valence-corrected chi connectivity index (χ0v) is 13.4. The van der Waals surface area contributed by atoms with E-state index in [1.54, 1.807) is 0 Å². The zero-order valence-electron chi connectivity index (χ0n) is 11.0. The van der Waals surface area contributed by atoms with Crippen molar-refractivity contribution in [3.8, 4) is 0 Å². The first-order chi connectivity index (χ1) is 8.84. The lowest BCUT2D eigenvalue weighted by atomic mass is 9.96. The number of hydrogen-bond acceptors (Lipinski definition) is 3. The van der Waals surface area contributed by atoms with E-state index in [4.69, 9.17) is 11.6 Å². The Morgan fingerprint density at radius 3 is 2.32 bits per heavy atom. The Labute approximate surface area is 126 Å². The van der Waals surface area contributed by atoms with Crippen LogP contribution in [-0.4, -0.2) is 9.97 Å². The molecule has 100 valence electrons. The van der Waals surface area contributed by atoms with Crippen LogP contribution in [0.4, 0.5) is 11.5 Å². The van der Waals surface area contributed by atoms with Gasteiger partial charge in [0.25, 0.3) is 0 Å². The molecule has 19 heavy (non-hydrogen) atoms. The van der Waals surface area contributed by atoms with E-state index in [0.29, 0.717) is 5.02 Å². The highest BCUT2D eigenvalue weighted by Gasteiger charge is 2.18. The van der Waals surface area contributed by atoms with Gasteiger partial charge in [-0.15, -0.1) is 0 Å². The molecule has 0 aliphatic carbocycles. The van der Waals surface area contributed by atoms with Crippen LogP contribution >= 0.6 is 27.5 Å². The maximum Gasteiger partial charge on any atom is 0.137 e. The van der Waals surface area contributed by atoms with Crippen LogP contribution in [0.5, 0.6) is 0 Å². The van der Waals surface area contributed by atoms with E-state index in [9.17, 15) is 0 Å². The summed E-state index contributed by atoms with van der Waals surface area (Å²) in [6.07, 6.45) is 0. The van der Waals surface area contributed by atoms with Crippen molar-refractivity contribution in [2.24, 2.45) is 0 Å². The SMILES string of the molecule is CC(C)(C)c1nc(Br)cc(Nc2ccc(Cl)cc2)n1. The van der Waals surface area contributed by atoms with E-state index in [1.807, 2.05) is 30.3 Å². The standard InChI is InChI=1S/C14H15BrClN3/c1-14(2,3)13-18-11(15)8-12(19-13)17-10-6-4-9(16)5-7-10/h4-8H,1-3H3,(H,17,18,19). The maximum atomic E-state index is 5.86. The molecule has 2 rings (SSSR count). The molecule has 0 unspecified atom stereocenters. The van der Waals surface area contributed by atoms with Gasteiger partial charge in [0.2, 0.25) is 0 Å². The van der Waals surface area contributed by atoms with Crippen LogP contribution in [0.25, 0.3) is 0 Å². The van der Waals surface area contributed by atoms with Crippen LogP contribution in [0.1, 0.15) is 26.6 Å². The molecule has 0 bridgehead atoms. The fraction of sp³-hybridized carbons (Fsp3) is 0.286. The first-order valence-electron chi connectivity index (χ1n) is 5.92. The van der Waals surface area contributed by atoms with Crippen LogP contribution in [0, 0.1) is 0 Å². The highest BCUT2D eigenvalue weighted by Crippen LogP contribution is 2.24. The second-order valence-corrected chi connectivity index (χ2v) is 6.53. The molecule has 1 aromatic heterocycles. The highest BCUT2D eigenvalue weighted by molar-refractivity contribution is 9.10. The van der Waals surface area contributed by atoms with E-state index in [0.717, 1.165) is 21.9 Å². The topological polar surface area (TPSA) is 37.8 Å². The van der Waals surface area contributed by atoms with Gasteiger partial charge < -0.3 is 5.32 Å². The number of nitrogens with one attached hydrogen (secondary N) is 1. The molecule has 1 heterocycles. The van der Waals surface area contributed by atoms with Gasteiger partial charge in [-0.25, -0.2) is 9.97 Å². The molecule has 2 aromatic rings. The van der Waals surface area contributed by atoms with E-state index in [2.05, 4.69) is 52.0 Å². The van der Waals surface area contributed by atoms with Crippen LogP contribution < -0.4 is 5.32 Å². The van der Waals surface area contributed by atoms with E-state index in [1.165, 1.54) is 0 Å². The Hall–Kier alpha value is -1.13. The molecule has 0 aliphatic heterocycles. The average Bonchev–Trinajstić information content (AvgIpc) is 2.30. The summed E-state index contributed by atoms with van der Waals surface area (Å²) in [6, 6.07) is 9.35. The van der Waals surface area contributed by atoms with Gasteiger partial charge in [-0.05, 0) is 40.2 Å². The predicted molar refractivity (Wildman–Crippen MR) is 83.2 cm³/mol. The molecule has 1 N–H and O–H groups in total. The fourth-order valence-corrected chi connectivity index (χ4v) is 2.01. The summed E-state index contributed by atoms with van der Waals surface area (Å²) in [7, 11) is 0. The van der Waals surface area contributed by atoms with Crippen molar-refractivity contribution in [2.75, 3.05) is 5.32 Å². The summed E-state index contributed by atoms with van der Waals surface area (Å²) >= 11 is 9.28. The lowest BCUT2D eigenvalue weighted by Gasteiger charge is -2.18. The van der Waals surface area contributed by atoms with Crippen LogP contribution in [0.2, 0.25) is 5.02 Å². The largest absolute Gasteiger partial charge is 0.340 e. The van der Waals surface area contributed by atoms with Crippen LogP contribution in [0.15, 0.2) is 34.9 Å². The lowest BCUT2D eigenvalue weighted by Crippen LogP contribution is -2.16. The smallest absolute Gasteiger partial charge is 0.137 e. The quantitative estimate of drug-likeness (QED) is 0.787. The Bertz CT molecular complexity index is 576. The first kappa shape index (κ1) is 14.3. The number of benzene rings is 1. The van der Waals surface area contributed by atoms with Gasteiger partial charge >= 0.3 is 0 Å². The molecule has 5 heteroatoms. The number of hydrogen-bond donors (Lipinski definition) is 1. The van der Waals surface area contributed by atoms with Crippen LogP contribution in [0.3, 0.4) is 0 Å². The van der Waals surface area contributed by atoms with Crippen molar-refractivity contribution >= 4 is 39.0 Å². The second-order valence-electron chi connectivity index (χ2n) is 5.28. The molecule has 3 nitrogen and oxygen atoms in total. The minimum Gasteiger partial charge on any atom is -0.340 e. The minimum absolute atomic E-state index is 0.0970. The van der Waals surface area contributed by atoms with Crippen molar-refractivity contribution in [1.82, 2.24) is 9.97 Å². The van der Waals surface area contributed by atoms with Crippen molar-refractivity contribution in [1.29, 1.82) is 0 Å². The number of nitrogens with zero attached hydrogens (tertiary/aromatic N) is 2. The van der Waals surface area contributed by atoms with Gasteiger partial charge in [0.1, 0.15) is 16.2 Å². The molecule has 1 aromatic carbocycles. The third-order valence-corrected chi connectivity index (χ3v) is 3.14. The van der Waals surface area contributed by atoms with E-state index < -0.39 is 0 Å². The molecule has 0 saturated carbocycles. The van der Waals surface area contributed by atoms with Gasteiger partial charge in [0.05, 0.1) is 0 Å². The maximum absolute atomic E-state index is 5.86. The second kappa shape index (κ2) is 5.47. The Morgan fingerprint density at radius 2 is 1.74 bits per heavy atom. The Kier molecular flexibility index (Phi) is 4.11. The number of anilines is 2. The summed E-state index contributed by atoms with van der Waals surface area (Å²) in [5.74, 6) is 1.55.